The van der Waals surface area contributed by atoms with E-state index in [4.69, 9.17) is 16.3 Å². The minimum Gasteiger partial charge on any atom is -0.454 e. The monoisotopic (exact) mass is 538 g/mol. The molecule has 3 aromatic carbocycles. The summed E-state index contributed by atoms with van der Waals surface area (Å²) < 4.78 is 33.7. The molecule has 1 N–H and O–H groups in total. The van der Waals surface area contributed by atoms with Crippen molar-refractivity contribution in [3.8, 4) is 0 Å². The number of ketones is 1. The number of nitrogens with one attached hydrogen (secondary N) is 1. The van der Waals surface area contributed by atoms with Gasteiger partial charge < -0.3 is 9.64 Å². The Morgan fingerprint density at radius 2 is 1.78 bits per heavy atom. The molecule has 37 heavy (non-hydrogen) atoms. The number of nitrogens with zero attached hydrogens (tertiary/aromatic N) is 1. The number of anilines is 2. The number of ether oxygens (including phenoxy) is 1. The number of fused-ring (bicyclic) bond motifs is 1. The van der Waals surface area contributed by atoms with Crippen molar-refractivity contribution in [3.63, 3.8) is 0 Å². The van der Waals surface area contributed by atoms with Gasteiger partial charge in [-0.05, 0) is 54.4 Å². The standard InChI is InChI=1S/C28H27ClN2O5S/c1-18-12-13-19(14-25(18)37(34,35)30-21-9-7-8-20(29)15-21)27(33)36-17-22(32)16-26-28(2,3)23-10-5-6-11-24(23)31(26)4/h5-16,30H,17H2,1-4H3. The van der Waals surface area contributed by atoms with Crippen LogP contribution in [0, 0.1) is 6.92 Å². The van der Waals surface area contributed by atoms with E-state index in [0.717, 1.165) is 16.9 Å². The van der Waals surface area contributed by atoms with Crippen molar-refractivity contribution >= 4 is 44.8 Å². The van der Waals surface area contributed by atoms with Crippen LogP contribution in [0.15, 0.2) is 83.4 Å². The highest BCUT2D eigenvalue weighted by molar-refractivity contribution is 7.92. The molecule has 0 amide bonds. The van der Waals surface area contributed by atoms with Gasteiger partial charge in [0.1, 0.15) is 0 Å². The molecule has 0 unspecified atom stereocenters. The first-order valence-electron chi connectivity index (χ1n) is 11.5. The van der Waals surface area contributed by atoms with E-state index in [1.54, 1.807) is 25.1 Å². The quantitative estimate of drug-likeness (QED) is 0.316. The van der Waals surface area contributed by atoms with E-state index in [2.05, 4.69) is 4.72 Å². The van der Waals surface area contributed by atoms with Crippen molar-refractivity contribution in [1.29, 1.82) is 0 Å². The van der Waals surface area contributed by atoms with E-state index in [-0.39, 0.29) is 21.7 Å². The van der Waals surface area contributed by atoms with Gasteiger partial charge in [-0.1, -0.05) is 55.8 Å². The van der Waals surface area contributed by atoms with E-state index >= 15 is 0 Å². The summed E-state index contributed by atoms with van der Waals surface area (Å²) in [6.07, 6.45) is 1.49. The highest BCUT2D eigenvalue weighted by Gasteiger charge is 2.38. The van der Waals surface area contributed by atoms with Crippen LogP contribution in [0.25, 0.3) is 0 Å². The lowest BCUT2D eigenvalue weighted by Gasteiger charge is -2.23. The molecule has 7 nitrogen and oxygen atoms in total. The van der Waals surface area contributed by atoms with Crippen LogP contribution in [0.2, 0.25) is 5.02 Å². The number of sulfonamides is 1. The lowest BCUT2D eigenvalue weighted by molar-refractivity contribution is -0.117. The van der Waals surface area contributed by atoms with E-state index in [1.165, 1.54) is 30.3 Å². The van der Waals surface area contributed by atoms with Crippen LogP contribution in [0.5, 0.6) is 0 Å². The summed E-state index contributed by atoms with van der Waals surface area (Å²) in [7, 11) is -2.11. The fourth-order valence-electron chi connectivity index (χ4n) is 4.45. The second-order valence-corrected chi connectivity index (χ2v) is 11.5. The van der Waals surface area contributed by atoms with Gasteiger partial charge >= 0.3 is 5.97 Å². The lowest BCUT2D eigenvalue weighted by Crippen LogP contribution is -2.25. The number of hydrogen-bond donors (Lipinski definition) is 1. The van der Waals surface area contributed by atoms with Gasteiger partial charge in [0.15, 0.2) is 12.4 Å². The van der Waals surface area contributed by atoms with Crippen molar-refractivity contribution in [2.75, 3.05) is 23.3 Å². The Kier molecular flexibility index (Phi) is 7.17. The third-order valence-electron chi connectivity index (χ3n) is 6.37. The van der Waals surface area contributed by atoms with Crippen LogP contribution >= 0.6 is 11.6 Å². The Morgan fingerprint density at radius 1 is 1.05 bits per heavy atom. The molecule has 0 spiro atoms. The average Bonchev–Trinajstić information content (AvgIpc) is 3.03. The Balaban J connectivity index is 1.48. The molecular weight excluding hydrogens is 512 g/mol. The first-order valence-corrected chi connectivity index (χ1v) is 13.4. The van der Waals surface area contributed by atoms with E-state index in [1.807, 2.05) is 50.1 Å². The number of carbonyl (C=O) groups is 2. The number of halogens is 1. The summed E-state index contributed by atoms with van der Waals surface area (Å²) in [5, 5.41) is 0.380. The van der Waals surface area contributed by atoms with Gasteiger partial charge in [0.25, 0.3) is 10.0 Å². The van der Waals surface area contributed by atoms with Crippen LogP contribution in [0.4, 0.5) is 11.4 Å². The number of para-hydroxylation sites is 1. The highest BCUT2D eigenvalue weighted by Crippen LogP contribution is 2.46. The van der Waals surface area contributed by atoms with E-state index in [9.17, 15) is 18.0 Å². The number of hydrogen-bond acceptors (Lipinski definition) is 6. The average molecular weight is 539 g/mol. The number of likely N-dealkylation sites (N-methyl/N-ethyl adjacent to an activating group) is 1. The largest absolute Gasteiger partial charge is 0.454 e. The molecule has 3 aromatic rings. The van der Waals surface area contributed by atoms with Crippen LogP contribution in [0.1, 0.15) is 35.3 Å². The summed E-state index contributed by atoms with van der Waals surface area (Å²) in [6.45, 7) is 5.22. The summed E-state index contributed by atoms with van der Waals surface area (Å²) in [6, 6.07) is 18.4. The first kappa shape index (κ1) is 26.4. The maximum atomic E-state index is 13.0. The molecule has 0 atom stereocenters. The van der Waals surface area contributed by atoms with Crippen molar-refractivity contribution in [1.82, 2.24) is 0 Å². The molecule has 1 aliphatic rings. The maximum Gasteiger partial charge on any atom is 0.338 e. The number of esters is 1. The first-order chi connectivity index (χ1) is 17.4. The molecule has 4 rings (SSSR count). The number of allylic oxidation sites excluding steroid dienone is 1. The van der Waals surface area contributed by atoms with E-state index < -0.39 is 22.6 Å². The number of benzene rings is 3. The van der Waals surface area contributed by atoms with E-state index in [0.29, 0.717) is 16.3 Å². The fourth-order valence-corrected chi connectivity index (χ4v) is 5.96. The molecule has 1 aliphatic heterocycles. The second-order valence-electron chi connectivity index (χ2n) is 9.37. The normalized spacial score (nSPS) is 15.4. The van der Waals surface area contributed by atoms with Crippen LogP contribution < -0.4 is 9.62 Å². The van der Waals surface area contributed by atoms with Crippen LogP contribution in [-0.2, 0) is 25.0 Å². The predicted octanol–water partition coefficient (Wildman–Crippen LogP) is 5.49. The molecule has 0 radical (unpaired) electrons. The Hall–Kier alpha value is -3.62. The molecule has 192 valence electrons. The molecule has 0 bridgehead atoms. The molecule has 0 saturated carbocycles. The SMILES string of the molecule is Cc1ccc(C(=O)OCC(=O)C=C2N(C)c3ccccc3C2(C)C)cc1S(=O)(=O)Nc1cccc(Cl)c1. The third kappa shape index (κ3) is 5.40. The lowest BCUT2D eigenvalue weighted by atomic mass is 9.83. The zero-order valence-corrected chi connectivity index (χ0v) is 22.5. The van der Waals surface area contributed by atoms with Crippen molar-refractivity contribution < 1.29 is 22.7 Å². The summed E-state index contributed by atoms with van der Waals surface area (Å²) >= 11 is 5.95. The minimum absolute atomic E-state index is 0.0169. The molecule has 0 aliphatic carbocycles. The predicted molar refractivity (Wildman–Crippen MR) is 145 cm³/mol. The maximum absolute atomic E-state index is 13.0. The molecule has 0 aromatic heterocycles. The molecule has 0 saturated heterocycles. The number of carbonyl (C=O) groups excluding carboxylic acids is 2. The molecule has 9 heteroatoms. The summed E-state index contributed by atoms with van der Waals surface area (Å²) in [4.78, 5) is 27.3. The van der Waals surface area contributed by atoms with Crippen molar-refractivity contribution in [2.45, 2.75) is 31.1 Å². The number of rotatable bonds is 7. The minimum atomic E-state index is -4.01. The summed E-state index contributed by atoms with van der Waals surface area (Å²) in [5.74, 6) is -1.17. The molecule has 1 heterocycles. The molecular formula is C28H27ClN2O5S. The van der Waals surface area contributed by atoms with Gasteiger partial charge in [0, 0.05) is 34.9 Å². The summed E-state index contributed by atoms with van der Waals surface area (Å²) in [5.41, 5.74) is 3.28. The third-order valence-corrected chi connectivity index (χ3v) is 8.13. The van der Waals surface area contributed by atoms with Gasteiger partial charge in [-0.25, -0.2) is 13.2 Å². The zero-order chi connectivity index (χ0) is 27.0. The van der Waals surface area contributed by atoms with Crippen molar-refractivity contribution in [2.24, 2.45) is 0 Å². The van der Waals surface area contributed by atoms with Gasteiger partial charge in [-0.15, -0.1) is 0 Å². The van der Waals surface area contributed by atoms with Gasteiger partial charge in [0.05, 0.1) is 16.1 Å². The van der Waals surface area contributed by atoms with Gasteiger partial charge in [-0.2, -0.15) is 0 Å². The Bertz CT molecular complexity index is 1530. The smallest absolute Gasteiger partial charge is 0.338 e. The van der Waals surface area contributed by atoms with Crippen LogP contribution in [-0.4, -0.2) is 33.8 Å². The topological polar surface area (TPSA) is 92.8 Å². The molecule has 0 fully saturated rings. The number of aryl methyl sites for hydroxylation is 1. The second kappa shape index (κ2) is 10.0. The Morgan fingerprint density at radius 3 is 2.49 bits per heavy atom. The fraction of sp³-hybridized carbons (Fsp3) is 0.214. The zero-order valence-electron chi connectivity index (χ0n) is 20.9. The Labute approximate surface area is 221 Å². The van der Waals surface area contributed by atoms with Gasteiger partial charge in [0.2, 0.25) is 0 Å². The van der Waals surface area contributed by atoms with Gasteiger partial charge in [-0.3, -0.25) is 9.52 Å². The van der Waals surface area contributed by atoms with Crippen LogP contribution in [0.3, 0.4) is 0 Å². The van der Waals surface area contributed by atoms with Crippen molar-refractivity contribution in [3.05, 3.63) is 100 Å². The highest BCUT2D eigenvalue weighted by atomic mass is 35.5.